The van der Waals surface area contributed by atoms with Crippen LogP contribution in [0.25, 0.3) is 0 Å². The van der Waals surface area contributed by atoms with Gasteiger partial charge in [0.2, 0.25) is 0 Å². The fourth-order valence-electron chi connectivity index (χ4n) is 3.51. The van der Waals surface area contributed by atoms with Crippen LogP contribution in [0.1, 0.15) is 0 Å². The summed E-state index contributed by atoms with van der Waals surface area (Å²) in [6, 6.07) is 25.1. The van der Waals surface area contributed by atoms with Gasteiger partial charge in [-0.05, 0) is 84.9 Å². The van der Waals surface area contributed by atoms with Crippen molar-refractivity contribution in [3.05, 3.63) is 122 Å². The Bertz CT molecular complexity index is 1760. The van der Waals surface area contributed by atoms with E-state index >= 15 is 0 Å². The van der Waals surface area contributed by atoms with Crippen molar-refractivity contribution in [2.24, 2.45) is 30.7 Å². The highest BCUT2D eigenvalue weighted by Gasteiger charge is 2.06. The van der Waals surface area contributed by atoms with Crippen LogP contribution in [-0.4, -0.2) is 38.4 Å². The number of carbonyl (C=O) groups is 2. The van der Waals surface area contributed by atoms with Crippen LogP contribution >= 0.6 is 0 Å². The number of hydrogen-bond acceptors (Lipinski definition) is 12. The van der Waals surface area contributed by atoms with Gasteiger partial charge in [-0.2, -0.15) is 30.7 Å². The third kappa shape index (κ3) is 11.6. The normalized spacial score (nSPS) is 11.1. The summed E-state index contributed by atoms with van der Waals surface area (Å²) in [6.07, 6.45) is 2.13. The Morgan fingerprint density at radius 2 is 0.894 bits per heavy atom. The standard InChI is InChI=1S/C34H29FN6O6/c1-3-33(42)46-21-19-44-30-16-13-28(14-17-30)39-38-26-7-5-24(6-8-26)36-37-25-9-11-27(12-10-25)40-41-29-15-18-32(31(35)23-29)45-20-22-47-34(43)4-2/h3-18,23H,1-2,19-22H2. The topological polar surface area (TPSA) is 145 Å². The zero-order valence-electron chi connectivity index (χ0n) is 25.1. The number of benzene rings is 4. The quantitative estimate of drug-likeness (QED) is 0.0518. The van der Waals surface area contributed by atoms with Gasteiger partial charge in [-0.3, -0.25) is 0 Å². The van der Waals surface area contributed by atoms with Gasteiger partial charge in [0.25, 0.3) is 0 Å². The Labute approximate surface area is 269 Å². The summed E-state index contributed by atoms with van der Waals surface area (Å²) in [7, 11) is 0. The molecular weight excluding hydrogens is 607 g/mol. The Hall–Kier alpha value is -6.37. The Balaban J connectivity index is 1.23. The molecule has 4 aromatic carbocycles. The highest BCUT2D eigenvalue weighted by atomic mass is 19.1. The maximum atomic E-state index is 14.3. The van der Waals surface area contributed by atoms with E-state index in [9.17, 15) is 14.0 Å². The molecule has 0 heterocycles. The summed E-state index contributed by atoms with van der Waals surface area (Å²) >= 11 is 0. The van der Waals surface area contributed by atoms with Crippen molar-refractivity contribution in [3.8, 4) is 11.5 Å². The van der Waals surface area contributed by atoms with Gasteiger partial charge in [0.15, 0.2) is 11.6 Å². The van der Waals surface area contributed by atoms with E-state index in [0.717, 1.165) is 12.2 Å². The largest absolute Gasteiger partial charge is 0.490 e. The van der Waals surface area contributed by atoms with Crippen LogP contribution in [-0.2, 0) is 19.1 Å². The van der Waals surface area contributed by atoms with Gasteiger partial charge in [-0.25, -0.2) is 14.0 Å². The van der Waals surface area contributed by atoms with Crippen molar-refractivity contribution in [2.75, 3.05) is 26.4 Å². The van der Waals surface area contributed by atoms with Crippen molar-refractivity contribution in [1.29, 1.82) is 0 Å². The molecule has 47 heavy (non-hydrogen) atoms. The Morgan fingerprint density at radius 3 is 1.30 bits per heavy atom. The second-order valence-electron chi connectivity index (χ2n) is 9.18. The minimum atomic E-state index is -0.622. The van der Waals surface area contributed by atoms with Gasteiger partial charge in [-0.1, -0.05) is 13.2 Å². The zero-order valence-corrected chi connectivity index (χ0v) is 25.1. The molecule has 0 bridgehead atoms. The molecule has 0 fully saturated rings. The first-order chi connectivity index (χ1) is 22.9. The summed E-state index contributed by atoms with van der Waals surface area (Å²) in [5.74, 6) is -1.08. The second kappa shape index (κ2) is 17.8. The zero-order chi connectivity index (χ0) is 33.3. The predicted molar refractivity (Wildman–Crippen MR) is 172 cm³/mol. The Morgan fingerprint density at radius 1 is 0.532 bits per heavy atom. The molecule has 0 saturated carbocycles. The number of nitrogens with zero attached hydrogens (tertiary/aromatic N) is 6. The minimum absolute atomic E-state index is 0.00434. The summed E-state index contributed by atoms with van der Waals surface area (Å²) < 4.78 is 34.7. The smallest absolute Gasteiger partial charge is 0.330 e. The molecule has 4 aromatic rings. The highest BCUT2D eigenvalue weighted by Crippen LogP contribution is 2.27. The van der Waals surface area contributed by atoms with Gasteiger partial charge in [0.1, 0.15) is 32.2 Å². The van der Waals surface area contributed by atoms with Crippen LogP contribution < -0.4 is 9.47 Å². The molecule has 13 heteroatoms. The molecule has 0 N–H and O–H groups in total. The van der Waals surface area contributed by atoms with E-state index in [2.05, 4.69) is 43.8 Å². The number of hydrogen-bond donors (Lipinski definition) is 0. The number of rotatable bonds is 16. The van der Waals surface area contributed by atoms with Crippen LogP contribution in [0, 0.1) is 5.82 Å². The molecule has 0 aliphatic carbocycles. The van der Waals surface area contributed by atoms with Crippen molar-refractivity contribution in [1.82, 2.24) is 0 Å². The van der Waals surface area contributed by atoms with Crippen molar-refractivity contribution in [2.45, 2.75) is 0 Å². The minimum Gasteiger partial charge on any atom is -0.490 e. The van der Waals surface area contributed by atoms with E-state index in [1.807, 2.05) is 0 Å². The number of esters is 2. The monoisotopic (exact) mass is 636 g/mol. The molecule has 238 valence electrons. The first-order valence-corrected chi connectivity index (χ1v) is 14.1. The van der Waals surface area contributed by atoms with Gasteiger partial charge >= 0.3 is 11.9 Å². The van der Waals surface area contributed by atoms with E-state index < -0.39 is 17.8 Å². The molecule has 4 rings (SSSR count). The lowest BCUT2D eigenvalue weighted by atomic mass is 10.3. The molecule has 0 radical (unpaired) electrons. The van der Waals surface area contributed by atoms with E-state index in [1.54, 1.807) is 78.9 Å². The van der Waals surface area contributed by atoms with Crippen LogP contribution in [0.4, 0.5) is 38.5 Å². The maximum Gasteiger partial charge on any atom is 0.330 e. The SMILES string of the molecule is C=CC(=O)OCCOc1ccc(N=Nc2ccc(N=Nc3ccc(N=Nc4ccc(OCCOC(=O)C=C)c(F)c4)cc3)cc2)cc1. The predicted octanol–water partition coefficient (Wildman–Crippen LogP) is 9.29. The molecule has 0 aliphatic rings. The van der Waals surface area contributed by atoms with Crippen LogP contribution in [0.3, 0.4) is 0 Å². The van der Waals surface area contributed by atoms with E-state index in [0.29, 0.717) is 39.9 Å². The second-order valence-corrected chi connectivity index (χ2v) is 9.18. The third-order valence-corrected chi connectivity index (χ3v) is 5.81. The van der Waals surface area contributed by atoms with Crippen molar-refractivity contribution in [3.63, 3.8) is 0 Å². The summed E-state index contributed by atoms with van der Waals surface area (Å²) in [4.78, 5) is 22.1. The lowest BCUT2D eigenvalue weighted by Crippen LogP contribution is -2.10. The highest BCUT2D eigenvalue weighted by molar-refractivity contribution is 5.81. The molecule has 12 nitrogen and oxygen atoms in total. The van der Waals surface area contributed by atoms with Crippen LogP contribution in [0.15, 0.2) is 147 Å². The Kier molecular flexibility index (Phi) is 12.7. The summed E-state index contributed by atoms with van der Waals surface area (Å²) in [5.41, 5.74) is 3.34. The average molecular weight is 637 g/mol. The molecule has 0 saturated heterocycles. The molecule has 0 amide bonds. The van der Waals surface area contributed by atoms with Gasteiger partial charge in [0, 0.05) is 18.2 Å². The van der Waals surface area contributed by atoms with Crippen LogP contribution in [0.2, 0.25) is 0 Å². The van der Waals surface area contributed by atoms with E-state index in [-0.39, 0.29) is 32.2 Å². The van der Waals surface area contributed by atoms with E-state index in [4.69, 9.17) is 18.9 Å². The number of ether oxygens (including phenoxy) is 4. The third-order valence-electron chi connectivity index (χ3n) is 5.81. The van der Waals surface area contributed by atoms with E-state index in [1.165, 1.54) is 12.1 Å². The maximum absolute atomic E-state index is 14.3. The number of halogens is 1. The molecule has 0 atom stereocenters. The average Bonchev–Trinajstić information content (AvgIpc) is 3.11. The molecule has 0 aromatic heterocycles. The first-order valence-electron chi connectivity index (χ1n) is 14.1. The van der Waals surface area contributed by atoms with Gasteiger partial charge < -0.3 is 18.9 Å². The van der Waals surface area contributed by atoms with Gasteiger partial charge in [-0.15, -0.1) is 0 Å². The molecule has 0 spiro atoms. The number of azo groups is 3. The number of carbonyl (C=O) groups excluding carboxylic acids is 2. The fraction of sp³-hybridized carbons (Fsp3) is 0.118. The van der Waals surface area contributed by atoms with Gasteiger partial charge in [0.05, 0.1) is 34.1 Å². The molecular formula is C34H29FN6O6. The lowest BCUT2D eigenvalue weighted by molar-refractivity contribution is -0.139. The summed E-state index contributed by atoms with van der Waals surface area (Å²) in [5, 5.41) is 25.1. The molecule has 0 aliphatic heterocycles. The van der Waals surface area contributed by atoms with Crippen LogP contribution in [0.5, 0.6) is 11.5 Å². The fourth-order valence-corrected chi connectivity index (χ4v) is 3.51. The molecule has 0 unspecified atom stereocenters. The first kappa shape index (κ1) is 33.5. The van der Waals surface area contributed by atoms with Crippen molar-refractivity contribution >= 4 is 46.1 Å². The lowest BCUT2D eigenvalue weighted by Gasteiger charge is -2.07. The van der Waals surface area contributed by atoms with Crippen molar-refractivity contribution < 1.29 is 32.9 Å². The summed E-state index contributed by atoms with van der Waals surface area (Å²) in [6.45, 7) is 6.93.